The summed E-state index contributed by atoms with van der Waals surface area (Å²) in [5.41, 5.74) is 0.859. The summed E-state index contributed by atoms with van der Waals surface area (Å²) in [5.74, 6) is -1.04. The van der Waals surface area contributed by atoms with Crippen molar-refractivity contribution in [3.8, 4) is 0 Å². The SMILES string of the molecule is CCC(C(=O)NC1CCCC1)N(Cc1ccccc1)C(=O)CCCN(c1ccccc1F)S(C)(=O)=O. The molecule has 0 saturated heterocycles. The lowest BCUT2D eigenvalue weighted by molar-refractivity contribution is -0.141. The molecule has 0 spiro atoms. The summed E-state index contributed by atoms with van der Waals surface area (Å²) in [7, 11) is -3.75. The summed E-state index contributed by atoms with van der Waals surface area (Å²) < 4.78 is 40.0. The average Bonchev–Trinajstić information content (AvgIpc) is 3.35. The molecule has 0 aromatic heterocycles. The van der Waals surface area contributed by atoms with Crippen LogP contribution >= 0.6 is 0 Å². The molecule has 1 fully saturated rings. The maximum absolute atomic E-state index is 14.3. The summed E-state index contributed by atoms with van der Waals surface area (Å²) in [6, 6.07) is 14.7. The summed E-state index contributed by atoms with van der Waals surface area (Å²) in [5, 5.41) is 3.11. The molecule has 1 atom stereocenters. The number of benzene rings is 2. The van der Waals surface area contributed by atoms with E-state index >= 15 is 0 Å². The predicted octanol–water partition coefficient (Wildman–Crippen LogP) is 4.24. The Morgan fingerprint density at radius 3 is 2.31 bits per heavy atom. The van der Waals surface area contributed by atoms with E-state index in [1.807, 2.05) is 37.3 Å². The van der Waals surface area contributed by atoms with Gasteiger partial charge in [-0.3, -0.25) is 13.9 Å². The molecule has 1 aliphatic rings. The number of halogens is 1. The largest absolute Gasteiger partial charge is 0.352 e. The number of hydrogen-bond donors (Lipinski definition) is 1. The highest BCUT2D eigenvalue weighted by molar-refractivity contribution is 7.92. The van der Waals surface area contributed by atoms with Crippen LogP contribution in [-0.2, 0) is 26.2 Å². The van der Waals surface area contributed by atoms with Gasteiger partial charge in [-0.2, -0.15) is 0 Å². The van der Waals surface area contributed by atoms with E-state index < -0.39 is 21.9 Å². The quantitative estimate of drug-likeness (QED) is 0.456. The standard InChI is InChI=1S/C27H36FN3O4S/c1-3-24(27(33)29-22-14-7-8-15-22)30(20-21-12-5-4-6-13-21)26(32)18-11-19-31(36(2,34)35)25-17-10-9-16-23(25)28/h4-6,9-10,12-13,16-17,22,24H,3,7-8,11,14-15,18-20H2,1-2H3,(H,29,33). The van der Waals surface area contributed by atoms with E-state index in [0.717, 1.165) is 41.8 Å². The van der Waals surface area contributed by atoms with Crippen LogP contribution in [-0.4, -0.2) is 50.0 Å². The molecule has 3 rings (SSSR count). The maximum Gasteiger partial charge on any atom is 0.243 e. The van der Waals surface area contributed by atoms with Crippen LogP contribution in [0.3, 0.4) is 0 Å². The number of carbonyl (C=O) groups is 2. The Balaban J connectivity index is 1.74. The topological polar surface area (TPSA) is 86.8 Å². The number of carbonyl (C=O) groups excluding carboxylic acids is 2. The van der Waals surface area contributed by atoms with E-state index in [1.165, 1.54) is 18.2 Å². The molecule has 0 aliphatic heterocycles. The first-order chi connectivity index (χ1) is 17.2. The normalized spacial score (nSPS) is 14.9. The molecule has 1 N–H and O–H groups in total. The van der Waals surface area contributed by atoms with Crippen molar-refractivity contribution in [1.29, 1.82) is 0 Å². The van der Waals surface area contributed by atoms with E-state index in [2.05, 4.69) is 5.32 Å². The van der Waals surface area contributed by atoms with Gasteiger partial charge in [0, 0.05) is 25.6 Å². The van der Waals surface area contributed by atoms with Crippen LogP contribution < -0.4 is 9.62 Å². The Kier molecular flexibility index (Phi) is 9.87. The maximum atomic E-state index is 14.3. The fourth-order valence-corrected chi connectivity index (χ4v) is 5.67. The Hall–Kier alpha value is -2.94. The average molecular weight is 518 g/mol. The van der Waals surface area contributed by atoms with Gasteiger partial charge in [-0.1, -0.05) is 62.2 Å². The molecule has 196 valence electrons. The van der Waals surface area contributed by atoms with Gasteiger partial charge in [0.15, 0.2) is 0 Å². The number of sulfonamides is 1. The van der Waals surface area contributed by atoms with Crippen LogP contribution in [0.15, 0.2) is 54.6 Å². The first kappa shape index (κ1) is 27.6. The lowest BCUT2D eigenvalue weighted by Crippen LogP contribution is -2.51. The van der Waals surface area contributed by atoms with Crippen LogP contribution in [0, 0.1) is 5.82 Å². The van der Waals surface area contributed by atoms with Gasteiger partial charge >= 0.3 is 0 Å². The van der Waals surface area contributed by atoms with Crippen molar-refractivity contribution in [2.45, 2.75) is 70.5 Å². The molecule has 9 heteroatoms. The minimum Gasteiger partial charge on any atom is -0.352 e. The number of amides is 2. The summed E-state index contributed by atoms with van der Waals surface area (Å²) >= 11 is 0. The molecule has 0 bridgehead atoms. The first-order valence-corrected chi connectivity index (χ1v) is 14.4. The zero-order valence-electron chi connectivity index (χ0n) is 21.0. The second-order valence-electron chi connectivity index (χ2n) is 9.31. The van der Waals surface area contributed by atoms with Crippen molar-refractivity contribution in [2.75, 3.05) is 17.1 Å². The molecule has 2 aromatic rings. The molecule has 0 radical (unpaired) electrons. The molecule has 1 unspecified atom stereocenters. The lowest BCUT2D eigenvalue weighted by Gasteiger charge is -2.32. The van der Waals surface area contributed by atoms with Crippen LogP contribution in [0.2, 0.25) is 0 Å². The molecular weight excluding hydrogens is 481 g/mol. The van der Waals surface area contributed by atoms with E-state index in [-0.39, 0.29) is 49.5 Å². The zero-order chi connectivity index (χ0) is 26.1. The highest BCUT2D eigenvalue weighted by Gasteiger charge is 2.30. The van der Waals surface area contributed by atoms with Gasteiger partial charge in [-0.15, -0.1) is 0 Å². The van der Waals surface area contributed by atoms with Crippen LogP contribution in [0.25, 0.3) is 0 Å². The van der Waals surface area contributed by atoms with E-state index in [0.29, 0.717) is 6.42 Å². The number of anilines is 1. The van der Waals surface area contributed by atoms with Crippen molar-refractivity contribution in [2.24, 2.45) is 0 Å². The summed E-state index contributed by atoms with van der Waals surface area (Å²) in [6.45, 7) is 2.11. The molecular formula is C27H36FN3O4S. The minimum atomic E-state index is -3.75. The van der Waals surface area contributed by atoms with Gasteiger partial charge in [0.05, 0.1) is 11.9 Å². The fraction of sp³-hybridized carbons (Fsp3) is 0.481. The second kappa shape index (κ2) is 12.9. The number of hydrogen-bond acceptors (Lipinski definition) is 4. The monoisotopic (exact) mass is 517 g/mol. The molecule has 36 heavy (non-hydrogen) atoms. The lowest BCUT2D eigenvalue weighted by atomic mass is 10.1. The van der Waals surface area contributed by atoms with Crippen molar-refractivity contribution >= 4 is 27.5 Å². The summed E-state index contributed by atoms with van der Waals surface area (Å²) in [6.07, 6.45) is 5.77. The van der Waals surface area contributed by atoms with Crippen LogP contribution in [0.4, 0.5) is 10.1 Å². The van der Waals surface area contributed by atoms with Gasteiger partial charge < -0.3 is 10.2 Å². The van der Waals surface area contributed by atoms with Gasteiger partial charge in [0.2, 0.25) is 21.8 Å². The van der Waals surface area contributed by atoms with Crippen molar-refractivity contribution in [3.05, 3.63) is 66.0 Å². The third-order valence-electron chi connectivity index (χ3n) is 6.56. The molecule has 0 heterocycles. The zero-order valence-corrected chi connectivity index (χ0v) is 21.8. The Morgan fingerprint density at radius 1 is 1.06 bits per heavy atom. The van der Waals surface area contributed by atoms with E-state index in [4.69, 9.17) is 0 Å². The third-order valence-corrected chi connectivity index (χ3v) is 7.74. The molecule has 2 aromatic carbocycles. The first-order valence-electron chi connectivity index (χ1n) is 12.6. The van der Waals surface area contributed by atoms with Gasteiger partial charge in [0.25, 0.3) is 0 Å². The number of nitrogens with zero attached hydrogens (tertiary/aromatic N) is 2. The third kappa shape index (κ3) is 7.53. The van der Waals surface area contributed by atoms with Crippen molar-refractivity contribution in [3.63, 3.8) is 0 Å². The predicted molar refractivity (Wildman–Crippen MR) is 139 cm³/mol. The number of para-hydroxylation sites is 1. The van der Waals surface area contributed by atoms with Gasteiger partial charge in [0.1, 0.15) is 11.9 Å². The summed E-state index contributed by atoms with van der Waals surface area (Å²) in [4.78, 5) is 28.2. The van der Waals surface area contributed by atoms with Crippen molar-refractivity contribution in [1.82, 2.24) is 10.2 Å². The fourth-order valence-electron chi connectivity index (χ4n) is 4.70. The van der Waals surface area contributed by atoms with E-state index in [9.17, 15) is 22.4 Å². The van der Waals surface area contributed by atoms with Crippen LogP contribution in [0.5, 0.6) is 0 Å². The van der Waals surface area contributed by atoms with E-state index in [1.54, 1.807) is 11.0 Å². The number of nitrogens with one attached hydrogen (secondary N) is 1. The molecule has 1 aliphatic carbocycles. The highest BCUT2D eigenvalue weighted by Crippen LogP contribution is 2.23. The number of rotatable bonds is 12. The smallest absolute Gasteiger partial charge is 0.243 e. The Labute approximate surface area is 213 Å². The van der Waals surface area contributed by atoms with Crippen molar-refractivity contribution < 1.29 is 22.4 Å². The van der Waals surface area contributed by atoms with Gasteiger partial charge in [-0.25, -0.2) is 12.8 Å². The Bertz CT molecular complexity index is 1120. The minimum absolute atomic E-state index is 0.0283. The highest BCUT2D eigenvalue weighted by atomic mass is 32.2. The second-order valence-corrected chi connectivity index (χ2v) is 11.2. The van der Waals surface area contributed by atoms with Crippen LogP contribution in [0.1, 0.15) is 57.4 Å². The Morgan fingerprint density at radius 2 is 1.69 bits per heavy atom. The molecule has 7 nitrogen and oxygen atoms in total. The van der Waals surface area contributed by atoms with Gasteiger partial charge in [-0.05, 0) is 43.4 Å². The molecule has 2 amide bonds. The molecule has 1 saturated carbocycles.